The molecule has 0 saturated carbocycles. The molecule has 8 nitrogen and oxygen atoms in total. The fourth-order valence-corrected chi connectivity index (χ4v) is 6.60. The molecule has 274 valence electrons. The molecule has 2 atom stereocenters. The Hall–Kier alpha value is -4.96. The minimum Gasteiger partial charge on any atom is -0.481 e. The molecule has 0 spiro atoms. The maximum absolute atomic E-state index is 15.9. The number of nitrogens with zero attached hydrogens (tertiary/aromatic N) is 2. The molecule has 1 aromatic heterocycles. The van der Waals surface area contributed by atoms with Crippen molar-refractivity contribution in [3.05, 3.63) is 116 Å². The summed E-state index contributed by atoms with van der Waals surface area (Å²) in [7, 11) is 0. The van der Waals surface area contributed by atoms with Gasteiger partial charge in [0.15, 0.2) is 0 Å². The summed E-state index contributed by atoms with van der Waals surface area (Å²) in [5.74, 6) is -5.01. The van der Waals surface area contributed by atoms with Crippen molar-refractivity contribution in [3.63, 3.8) is 0 Å². The van der Waals surface area contributed by atoms with Crippen LogP contribution in [0.25, 0.3) is 11.1 Å². The Bertz CT molecular complexity index is 2110. The molecular formula is C35H26ClF8N3O5. The van der Waals surface area contributed by atoms with Crippen molar-refractivity contribution >= 4 is 23.5 Å². The van der Waals surface area contributed by atoms with Gasteiger partial charge in [0, 0.05) is 43.0 Å². The van der Waals surface area contributed by atoms with E-state index in [0.29, 0.717) is 10.6 Å². The van der Waals surface area contributed by atoms with Crippen molar-refractivity contribution in [2.45, 2.75) is 43.4 Å². The van der Waals surface area contributed by atoms with Gasteiger partial charge in [-0.05, 0) is 59.5 Å². The summed E-state index contributed by atoms with van der Waals surface area (Å²) < 4.78 is 121. The van der Waals surface area contributed by atoms with Crippen molar-refractivity contribution in [2.75, 3.05) is 19.6 Å². The standard InChI is InChI=1S/C35H26ClF8N3O5/c36-25-5-2-6-27-30(25)19-10-22(31(38)24(11-19)35(42,43)44)26(13-29(49)50)45-33(51)32(17-3-1-4-21(9-17)52-27)47-14-18(7-8-46-15-20(37)16-46)23(12-28(47)48)34(39,40)41/h1-6,9-12,14,20,26,32H,7-8,13,15-16H2,(H,45,51)(H,49,50)/t26-,32+/m1/s1. The van der Waals surface area contributed by atoms with Gasteiger partial charge < -0.3 is 15.2 Å². The van der Waals surface area contributed by atoms with Gasteiger partial charge in [0.1, 0.15) is 29.5 Å². The average Bonchev–Trinajstić information content (AvgIpc) is 3.02. The number of carbonyl (C=O) groups is 2. The number of fused-ring (bicyclic) bond motifs is 6. The predicted octanol–water partition coefficient (Wildman–Crippen LogP) is 7.57. The van der Waals surface area contributed by atoms with Crippen LogP contribution in [0.2, 0.25) is 5.02 Å². The van der Waals surface area contributed by atoms with Gasteiger partial charge in [0.25, 0.3) is 5.56 Å². The zero-order valence-electron chi connectivity index (χ0n) is 26.5. The number of carboxylic acids is 1. The van der Waals surface area contributed by atoms with Gasteiger partial charge in [-0.25, -0.2) is 8.78 Å². The van der Waals surface area contributed by atoms with E-state index in [1.165, 1.54) is 42.5 Å². The molecule has 4 aromatic rings. The van der Waals surface area contributed by atoms with Crippen molar-refractivity contribution in [1.82, 2.24) is 14.8 Å². The normalized spacial score (nSPS) is 18.2. The van der Waals surface area contributed by atoms with Crippen LogP contribution in [0, 0.1) is 5.82 Å². The number of nitrogens with one attached hydrogen (secondary N) is 1. The molecule has 0 unspecified atom stereocenters. The van der Waals surface area contributed by atoms with Crippen LogP contribution in [0.5, 0.6) is 11.5 Å². The lowest BCUT2D eigenvalue weighted by atomic mass is 9.93. The Labute approximate surface area is 294 Å². The number of ether oxygens (including phenoxy) is 1. The molecule has 3 heterocycles. The first-order valence-electron chi connectivity index (χ1n) is 15.6. The van der Waals surface area contributed by atoms with Crippen LogP contribution in [-0.4, -0.2) is 52.3 Å². The maximum Gasteiger partial charge on any atom is 0.419 e. The molecule has 2 N–H and O–H groups in total. The number of amides is 1. The van der Waals surface area contributed by atoms with E-state index in [9.17, 15) is 50.2 Å². The molecule has 0 aliphatic carbocycles. The van der Waals surface area contributed by atoms with E-state index >= 15 is 4.39 Å². The minimum absolute atomic E-state index is 0.00800. The number of hydrogen-bond acceptors (Lipinski definition) is 5. The number of aliphatic carboxylic acids is 1. The van der Waals surface area contributed by atoms with Crippen molar-refractivity contribution in [3.8, 4) is 22.6 Å². The van der Waals surface area contributed by atoms with Crippen molar-refractivity contribution in [2.24, 2.45) is 0 Å². The smallest absolute Gasteiger partial charge is 0.419 e. The number of likely N-dealkylation sites (tertiary alicyclic amines) is 1. The summed E-state index contributed by atoms with van der Waals surface area (Å²) in [6.45, 7) is -0.0421. The zero-order valence-corrected chi connectivity index (χ0v) is 27.3. The number of pyridine rings is 1. The van der Waals surface area contributed by atoms with E-state index in [-0.39, 0.29) is 65.3 Å². The molecule has 52 heavy (non-hydrogen) atoms. The lowest BCUT2D eigenvalue weighted by Crippen LogP contribution is -2.49. The summed E-state index contributed by atoms with van der Waals surface area (Å²) in [5.41, 5.74) is -6.33. The number of rotatable bonds is 6. The van der Waals surface area contributed by atoms with Crippen LogP contribution in [0.3, 0.4) is 0 Å². The van der Waals surface area contributed by atoms with E-state index in [4.69, 9.17) is 16.3 Å². The first-order valence-corrected chi connectivity index (χ1v) is 16.0. The molecule has 4 bridgehead atoms. The van der Waals surface area contributed by atoms with E-state index in [1.807, 2.05) is 0 Å². The number of halogens is 9. The third-order valence-electron chi connectivity index (χ3n) is 8.75. The molecule has 3 aromatic carbocycles. The van der Waals surface area contributed by atoms with E-state index in [1.54, 1.807) is 4.90 Å². The average molecular weight is 756 g/mol. The highest BCUT2D eigenvalue weighted by atomic mass is 35.5. The summed E-state index contributed by atoms with van der Waals surface area (Å²) >= 11 is 6.44. The second-order valence-electron chi connectivity index (χ2n) is 12.3. The highest BCUT2D eigenvalue weighted by Crippen LogP contribution is 2.44. The molecule has 2 aliphatic heterocycles. The molecule has 1 saturated heterocycles. The third kappa shape index (κ3) is 7.48. The van der Waals surface area contributed by atoms with Crippen LogP contribution in [0.4, 0.5) is 35.1 Å². The highest BCUT2D eigenvalue weighted by Gasteiger charge is 2.40. The van der Waals surface area contributed by atoms with Crippen LogP contribution >= 0.6 is 11.6 Å². The molecule has 1 amide bonds. The van der Waals surface area contributed by atoms with E-state index < -0.39 is 82.5 Å². The fourth-order valence-electron chi connectivity index (χ4n) is 6.32. The Balaban J connectivity index is 1.58. The quantitative estimate of drug-likeness (QED) is 0.197. The lowest BCUT2D eigenvalue weighted by molar-refractivity contribution is -0.140. The van der Waals surface area contributed by atoms with E-state index in [0.717, 1.165) is 12.3 Å². The second kappa shape index (κ2) is 13.9. The minimum atomic E-state index is -5.32. The second-order valence-corrected chi connectivity index (χ2v) is 12.7. The zero-order chi connectivity index (χ0) is 37.7. The van der Waals surface area contributed by atoms with Crippen molar-refractivity contribution < 1.29 is 54.6 Å². The molecule has 1 fully saturated rings. The number of carboxylic acid groups (broad SMARTS) is 1. The summed E-state index contributed by atoms with van der Waals surface area (Å²) in [4.78, 5) is 41.3. The number of hydrogen-bond donors (Lipinski definition) is 2. The van der Waals surface area contributed by atoms with Gasteiger partial charge in [-0.3, -0.25) is 23.9 Å². The Morgan fingerprint density at radius 1 is 0.962 bits per heavy atom. The predicted molar refractivity (Wildman–Crippen MR) is 170 cm³/mol. The fraction of sp³-hybridized carbons (Fsp3) is 0.286. The van der Waals surface area contributed by atoms with Crippen LogP contribution < -0.4 is 15.6 Å². The number of carbonyl (C=O) groups excluding carboxylic acids is 1. The molecular weight excluding hydrogens is 730 g/mol. The third-order valence-corrected chi connectivity index (χ3v) is 9.06. The summed E-state index contributed by atoms with van der Waals surface area (Å²) in [5, 5.41) is 11.9. The largest absolute Gasteiger partial charge is 0.481 e. The number of aromatic nitrogens is 1. The summed E-state index contributed by atoms with van der Waals surface area (Å²) in [6, 6.07) is 7.14. The van der Waals surface area contributed by atoms with Gasteiger partial charge in [-0.15, -0.1) is 0 Å². The molecule has 2 aliphatic rings. The molecule has 17 heteroatoms. The molecule has 0 radical (unpaired) electrons. The van der Waals surface area contributed by atoms with Gasteiger partial charge >= 0.3 is 18.3 Å². The first-order chi connectivity index (χ1) is 24.4. The Morgan fingerprint density at radius 3 is 2.31 bits per heavy atom. The number of benzene rings is 3. The number of alkyl halides is 7. The maximum atomic E-state index is 15.9. The van der Waals surface area contributed by atoms with Crippen LogP contribution in [0.1, 0.15) is 46.3 Å². The first kappa shape index (κ1) is 36.8. The highest BCUT2D eigenvalue weighted by molar-refractivity contribution is 6.33. The van der Waals surface area contributed by atoms with Gasteiger partial charge in [0.05, 0.1) is 28.6 Å². The van der Waals surface area contributed by atoms with Gasteiger partial charge in [-0.2, -0.15) is 26.3 Å². The van der Waals surface area contributed by atoms with Crippen LogP contribution in [0.15, 0.2) is 71.7 Å². The van der Waals surface area contributed by atoms with Gasteiger partial charge in [-0.1, -0.05) is 29.8 Å². The van der Waals surface area contributed by atoms with Gasteiger partial charge in [0.2, 0.25) is 5.91 Å². The Morgan fingerprint density at radius 2 is 1.65 bits per heavy atom. The monoisotopic (exact) mass is 755 g/mol. The van der Waals surface area contributed by atoms with Crippen LogP contribution in [-0.2, 0) is 28.4 Å². The Kier molecular flexibility index (Phi) is 9.83. The van der Waals surface area contributed by atoms with Crippen molar-refractivity contribution in [1.29, 1.82) is 0 Å². The van der Waals surface area contributed by atoms with E-state index in [2.05, 4.69) is 5.32 Å². The SMILES string of the molecule is O=C(O)C[C@H]1NC(=O)[C@@H](n2cc(CCN3CC(F)C3)c(C(F)(F)F)cc2=O)c2cccc(c2)Oc2cccc(Cl)c2-c2cc1c(F)c(C(F)(F)F)c2. The topological polar surface area (TPSA) is 101 Å². The summed E-state index contributed by atoms with van der Waals surface area (Å²) in [6.07, 6.45) is -12.1. The lowest BCUT2D eigenvalue weighted by Gasteiger charge is -2.34. The molecule has 6 rings (SSSR count).